The third-order valence-electron chi connectivity index (χ3n) is 7.11. The number of likely N-dealkylation sites (tertiary alicyclic amines) is 1. The van der Waals surface area contributed by atoms with Crippen molar-refractivity contribution in [1.29, 1.82) is 0 Å². The predicted octanol–water partition coefficient (Wildman–Crippen LogP) is 3.76. The number of carbonyl (C=O) groups excluding carboxylic acids is 1. The summed E-state index contributed by atoms with van der Waals surface area (Å²) in [4.78, 5) is 41.1. The van der Waals surface area contributed by atoms with E-state index in [-0.39, 0.29) is 24.6 Å². The van der Waals surface area contributed by atoms with Gasteiger partial charge in [0.2, 0.25) is 5.91 Å². The van der Waals surface area contributed by atoms with Crippen molar-refractivity contribution in [3.63, 3.8) is 0 Å². The minimum absolute atomic E-state index is 0.160. The number of nitrogens with zero attached hydrogens (tertiary/aromatic N) is 3. The summed E-state index contributed by atoms with van der Waals surface area (Å²) < 4.78 is 2.54. The maximum absolute atomic E-state index is 13.0. The number of hydrogen-bond acceptors (Lipinski definition) is 4. The third-order valence-corrected chi connectivity index (χ3v) is 7.11. The molecular formula is C30H32N4O3. The highest BCUT2D eigenvalue weighted by atomic mass is 16.2. The lowest BCUT2D eigenvalue weighted by atomic mass is 9.98. The molecule has 0 saturated carbocycles. The summed E-state index contributed by atoms with van der Waals surface area (Å²) in [6.45, 7) is 5.50. The van der Waals surface area contributed by atoms with Crippen LogP contribution in [0.3, 0.4) is 0 Å². The molecule has 3 aromatic carbocycles. The number of benzene rings is 3. The van der Waals surface area contributed by atoms with E-state index in [2.05, 4.69) is 40.5 Å². The Hall–Kier alpha value is -3.97. The highest BCUT2D eigenvalue weighted by Crippen LogP contribution is 2.25. The minimum Gasteiger partial charge on any atom is -0.350 e. The molecule has 0 radical (unpaired) electrons. The molecular weight excluding hydrogens is 464 g/mol. The molecule has 0 bridgehead atoms. The second-order valence-electron chi connectivity index (χ2n) is 9.55. The van der Waals surface area contributed by atoms with E-state index < -0.39 is 5.69 Å². The van der Waals surface area contributed by atoms with E-state index in [4.69, 9.17) is 0 Å². The first-order valence-corrected chi connectivity index (χ1v) is 12.9. The molecule has 1 aromatic heterocycles. The van der Waals surface area contributed by atoms with Gasteiger partial charge in [0.1, 0.15) is 6.54 Å². The van der Waals surface area contributed by atoms with Crippen LogP contribution in [0.2, 0.25) is 0 Å². The summed E-state index contributed by atoms with van der Waals surface area (Å²) in [5.74, 6) is -0.288. The predicted molar refractivity (Wildman–Crippen MR) is 146 cm³/mol. The van der Waals surface area contributed by atoms with Gasteiger partial charge in [-0.05, 0) is 67.2 Å². The molecule has 37 heavy (non-hydrogen) atoms. The normalized spacial score (nSPS) is 13.8. The first-order valence-electron chi connectivity index (χ1n) is 12.9. The topological polar surface area (TPSA) is 76.3 Å². The van der Waals surface area contributed by atoms with E-state index in [0.717, 1.165) is 27.8 Å². The summed E-state index contributed by atoms with van der Waals surface area (Å²) in [6, 6.07) is 23.6. The Balaban J connectivity index is 1.32. The molecule has 0 atom stereocenters. The SMILES string of the molecule is CCn1c(=O)c2ccccc2n(CC(=O)NCc2ccccc2-c2ccc(CN3CCCC3)cc2)c1=O. The van der Waals surface area contributed by atoms with Gasteiger partial charge in [-0.25, -0.2) is 4.79 Å². The summed E-state index contributed by atoms with van der Waals surface area (Å²) in [5.41, 5.74) is 4.13. The van der Waals surface area contributed by atoms with E-state index in [1.54, 1.807) is 31.2 Å². The molecule has 1 fully saturated rings. The van der Waals surface area contributed by atoms with Crippen LogP contribution in [-0.4, -0.2) is 33.0 Å². The van der Waals surface area contributed by atoms with Gasteiger partial charge in [-0.2, -0.15) is 0 Å². The average Bonchev–Trinajstić information content (AvgIpc) is 3.44. The summed E-state index contributed by atoms with van der Waals surface area (Å²) >= 11 is 0. The molecule has 1 aliphatic heterocycles. The molecule has 2 heterocycles. The zero-order valence-corrected chi connectivity index (χ0v) is 21.2. The van der Waals surface area contributed by atoms with Gasteiger partial charge in [0.15, 0.2) is 0 Å². The molecule has 0 aliphatic carbocycles. The number of aromatic nitrogens is 2. The van der Waals surface area contributed by atoms with Crippen molar-refractivity contribution in [3.05, 3.63) is 105 Å². The molecule has 7 nitrogen and oxygen atoms in total. The Kier molecular flexibility index (Phi) is 7.32. The molecule has 1 saturated heterocycles. The van der Waals surface area contributed by atoms with Crippen LogP contribution in [0.25, 0.3) is 22.0 Å². The molecule has 0 unspecified atom stereocenters. The molecule has 4 aromatic rings. The van der Waals surface area contributed by atoms with Crippen LogP contribution < -0.4 is 16.6 Å². The molecule has 0 spiro atoms. The fourth-order valence-corrected chi connectivity index (χ4v) is 5.14. The van der Waals surface area contributed by atoms with Crippen molar-refractivity contribution in [1.82, 2.24) is 19.4 Å². The van der Waals surface area contributed by atoms with Crippen molar-refractivity contribution < 1.29 is 4.79 Å². The Bertz CT molecular complexity index is 1530. The van der Waals surface area contributed by atoms with Gasteiger partial charge >= 0.3 is 5.69 Å². The lowest BCUT2D eigenvalue weighted by Crippen LogP contribution is -2.42. The van der Waals surface area contributed by atoms with Gasteiger partial charge in [0, 0.05) is 19.6 Å². The number of hydrogen-bond donors (Lipinski definition) is 1. The largest absolute Gasteiger partial charge is 0.350 e. The van der Waals surface area contributed by atoms with E-state index in [0.29, 0.717) is 17.4 Å². The third kappa shape index (κ3) is 5.27. The van der Waals surface area contributed by atoms with Crippen LogP contribution in [0.4, 0.5) is 0 Å². The van der Waals surface area contributed by atoms with Crippen LogP contribution in [0, 0.1) is 0 Å². The number of amides is 1. The fraction of sp³-hybridized carbons (Fsp3) is 0.300. The smallest absolute Gasteiger partial charge is 0.331 e. The lowest BCUT2D eigenvalue weighted by molar-refractivity contribution is -0.121. The van der Waals surface area contributed by atoms with E-state index in [1.165, 1.54) is 36.1 Å². The highest BCUT2D eigenvalue weighted by molar-refractivity contribution is 5.82. The Labute approximate surface area is 216 Å². The van der Waals surface area contributed by atoms with E-state index >= 15 is 0 Å². The van der Waals surface area contributed by atoms with Crippen molar-refractivity contribution >= 4 is 16.8 Å². The van der Waals surface area contributed by atoms with Crippen molar-refractivity contribution in [2.24, 2.45) is 0 Å². The molecule has 1 N–H and O–H groups in total. The number of rotatable bonds is 8. The number of fused-ring (bicyclic) bond motifs is 1. The number of nitrogens with one attached hydrogen (secondary N) is 1. The van der Waals surface area contributed by atoms with Gasteiger partial charge in [-0.3, -0.25) is 23.6 Å². The molecule has 5 rings (SSSR count). The van der Waals surface area contributed by atoms with Crippen molar-refractivity contribution in [2.45, 2.75) is 45.9 Å². The van der Waals surface area contributed by atoms with Crippen LogP contribution in [0.1, 0.15) is 30.9 Å². The molecule has 1 amide bonds. The van der Waals surface area contributed by atoms with Crippen molar-refractivity contribution in [2.75, 3.05) is 13.1 Å². The monoisotopic (exact) mass is 496 g/mol. The van der Waals surface area contributed by atoms with Crippen LogP contribution >= 0.6 is 0 Å². The second kappa shape index (κ2) is 11.0. The first kappa shape index (κ1) is 24.7. The molecule has 190 valence electrons. The average molecular weight is 497 g/mol. The van der Waals surface area contributed by atoms with E-state index in [9.17, 15) is 14.4 Å². The second-order valence-corrected chi connectivity index (χ2v) is 9.55. The highest BCUT2D eigenvalue weighted by Gasteiger charge is 2.15. The Morgan fingerprint density at radius 3 is 2.32 bits per heavy atom. The quantitative estimate of drug-likeness (QED) is 0.403. The Morgan fingerprint density at radius 2 is 1.57 bits per heavy atom. The van der Waals surface area contributed by atoms with Gasteiger partial charge < -0.3 is 5.32 Å². The summed E-state index contributed by atoms with van der Waals surface area (Å²) in [7, 11) is 0. The van der Waals surface area contributed by atoms with Crippen LogP contribution in [-0.2, 0) is 31.0 Å². The minimum atomic E-state index is -0.476. The zero-order chi connectivity index (χ0) is 25.8. The van der Waals surface area contributed by atoms with E-state index in [1.807, 2.05) is 18.2 Å². The molecule has 7 heteroatoms. The maximum atomic E-state index is 13.0. The number of carbonyl (C=O) groups is 1. The summed E-state index contributed by atoms with van der Waals surface area (Å²) in [6.07, 6.45) is 2.56. The van der Waals surface area contributed by atoms with Gasteiger partial charge in [0.05, 0.1) is 10.9 Å². The Morgan fingerprint density at radius 1 is 0.865 bits per heavy atom. The van der Waals surface area contributed by atoms with Crippen LogP contribution in [0.15, 0.2) is 82.4 Å². The molecule has 1 aliphatic rings. The number of para-hydroxylation sites is 1. The maximum Gasteiger partial charge on any atom is 0.331 e. The standard InChI is InChI=1S/C30H32N4O3/c1-2-33-29(36)26-11-5-6-12-27(26)34(30(33)37)21-28(35)31-19-24-9-3-4-10-25(24)23-15-13-22(14-16-23)20-32-17-7-8-18-32/h3-6,9-16H,2,7-8,17-21H2,1H3,(H,31,35). The van der Waals surface area contributed by atoms with Crippen LogP contribution in [0.5, 0.6) is 0 Å². The summed E-state index contributed by atoms with van der Waals surface area (Å²) in [5, 5.41) is 3.39. The lowest BCUT2D eigenvalue weighted by Gasteiger charge is -2.16. The first-order chi connectivity index (χ1) is 18.0. The van der Waals surface area contributed by atoms with Gasteiger partial charge in [-0.15, -0.1) is 0 Å². The van der Waals surface area contributed by atoms with Gasteiger partial charge in [-0.1, -0.05) is 60.7 Å². The fourth-order valence-electron chi connectivity index (χ4n) is 5.14. The van der Waals surface area contributed by atoms with Crippen molar-refractivity contribution in [3.8, 4) is 11.1 Å². The zero-order valence-electron chi connectivity index (χ0n) is 21.2. The van der Waals surface area contributed by atoms with Gasteiger partial charge in [0.25, 0.3) is 5.56 Å².